The highest BCUT2D eigenvalue weighted by Crippen LogP contribution is 2.44. The van der Waals surface area contributed by atoms with Crippen molar-refractivity contribution in [2.75, 3.05) is 6.61 Å². The Morgan fingerprint density at radius 3 is 2.06 bits per heavy atom. The molecule has 1 amide bonds. The fourth-order valence-electron chi connectivity index (χ4n) is 4.75. The summed E-state index contributed by atoms with van der Waals surface area (Å²) in [5.41, 5.74) is 8.06. The van der Waals surface area contributed by atoms with Crippen LogP contribution in [0.25, 0.3) is 11.1 Å². The molecule has 0 spiro atoms. The zero-order valence-electron chi connectivity index (χ0n) is 19.0. The first-order chi connectivity index (χ1) is 15.9. The van der Waals surface area contributed by atoms with E-state index in [2.05, 4.69) is 29.6 Å². The molecule has 1 aliphatic carbocycles. The number of ether oxygens (including phenoxy) is 1. The Bertz CT molecular complexity index is 1100. The van der Waals surface area contributed by atoms with Crippen molar-refractivity contribution in [3.63, 3.8) is 0 Å². The summed E-state index contributed by atoms with van der Waals surface area (Å²) in [4.78, 5) is 23.9. The summed E-state index contributed by atoms with van der Waals surface area (Å²) < 4.78 is 5.68. The van der Waals surface area contributed by atoms with Crippen LogP contribution in [0, 0.1) is 13.8 Å². The van der Waals surface area contributed by atoms with Gasteiger partial charge in [-0.2, -0.15) is 0 Å². The maximum absolute atomic E-state index is 12.8. The molecule has 0 aliphatic heterocycles. The largest absolute Gasteiger partial charge is 0.481 e. The SMILES string of the molecule is Cc1cccc(C)c1CC(CCC(=O)O)NC(=O)OCC1c2ccccc2-c2ccccc21. The molecule has 0 heterocycles. The molecule has 1 atom stereocenters. The quantitative estimate of drug-likeness (QED) is 0.474. The number of benzene rings is 3. The summed E-state index contributed by atoms with van der Waals surface area (Å²) in [6.45, 7) is 4.29. The minimum absolute atomic E-state index is 0.0146. The second-order valence-corrected chi connectivity index (χ2v) is 8.67. The van der Waals surface area contributed by atoms with E-state index < -0.39 is 12.1 Å². The van der Waals surface area contributed by atoms with Crippen molar-refractivity contribution in [3.05, 3.63) is 94.5 Å². The van der Waals surface area contributed by atoms with Gasteiger partial charge in [0.2, 0.25) is 0 Å². The Hall–Kier alpha value is -3.60. The second-order valence-electron chi connectivity index (χ2n) is 8.67. The van der Waals surface area contributed by atoms with Gasteiger partial charge in [0.05, 0.1) is 0 Å². The Kier molecular flexibility index (Phi) is 6.78. The van der Waals surface area contributed by atoms with Gasteiger partial charge in [0.25, 0.3) is 0 Å². The first-order valence-corrected chi connectivity index (χ1v) is 11.3. The molecule has 3 aromatic rings. The fourth-order valence-corrected chi connectivity index (χ4v) is 4.75. The molecule has 0 saturated heterocycles. The van der Waals surface area contributed by atoms with Gasteiger partial charge in [-0.05, 0) is 65.6 Å². The number of amides is 1. The standard InChI is InChI=1S/C28H29NO4/c1-18-8-7-9-19(2)25(18)16-20(14-15-27(30)31)29-28(32)33-17-26-23-12-5-3-10-21(23)22-11-4-6-13-24(22)26/h3-13,20,26H,14-17H2,1-2H3,(H,29,32)(H,30,31). The summed E-state index contributed by atoms with van der Waals surface area (Å²) in [6, 6.07) is 22.1. The molecule has 0 saturated carbocycles. The number of fused-ring (bicyclic) bond motifs is 3. The van der Waals surface area contributed by atoms with E-state index in [1.807, 2.05) is 56.3 Å². The minimum atomic E-state index is -0.879. The molecule has 4 rings (SSSR count). The van der Waals surface area contributed by atoms with E-state index >= 15 is 0 Å². The number of alkyl carbamates (subject to hydrolysis) is 1. The van der Waals surface area contributed by atoms with E-state index in [1.165, 1.54) is 11.1 Å². The second kappa shape index (κ2) is 9.90. The predicted molar refractivity (Wildman–Crippen MR) is 128 cm³/mol. The van der Waals surface area contributed by atoms with Crippen molar-refractivity contribution in [3.8, 4) is 11.1 Å². The Morgan fingerprint density at radius 1 is 0.909 bits per heavy atom. The number of aryl methyl sites for hydroxylation is 2. The van der Waals surface area contributed by atoms with Crippen LogP contribution in [0.2, 0.25) is 0 Å². The van der Waals surface area contributed by atoms with Gasteiger partial charge in [0.15, 0.2) is 0 Å². The highest BCUT2D eigenvalue weighted by atomic mass is 16.5. The molecule has 2 N–H and O–H groups in total. The molecular weight excluding hydrogens is 414 g/mol. The highest BCUT2D eigenvalue weighted by Gasteiger charge is 2.29. The summed E-state index contributed by atoms with van der Waals surface area (Å²) in [5.74, 6) is -0.893. The Labute approximate surface area is 194 Å². The van der Waals surface area contributed by atoms with Crippen LogP contribution in [0.4, 0.5) is 4.79 Å². The van der Waals surface area contributed by atoms with Crippen molar-refractivity contribution >= 4 is 12.1 Å². The van der Waals surface area contributed by atoms with E-state index in [1.54, 1.807) is 0 Å². The van der Waals surface area contributed by atoms with Crippen LogP contribution in [0.3, 0.4) is 0 Å². The molecule has 1 unspecified atom stereocenters. The first kappa shape index (κ1) is 22.6. The van der Waals surface area contributed by atoms with Crippen LogP contribution in [-0.2, 0) is 16.0 Å². The number of hydrogen-bond donors (Lipinski definition) is 2. The number of hydrogen-bond acceptors (Lipinski definition) is 3. The molecule has 170 valence electrons. The average Bonchev–Trinajstić information content (AvgIpc) is 3.12. The van der Waals surface area contributed by atoms with Crippen LogP contribution in [0.15, 0.2) is 66.7 Å². The van der Waals surface area contributed by atoms with Crippen LogP contribution in [-0.4, -0.2) is 29.8 Å². The Balaban J connectivity index is 1.45. The van der Waals surface area contributed by atoms with E-state index in [0.717, 1.165) is 27.8 Å². The lowest BCUT2D eigenvalue weighted by Crippen LogP contribution is -2.38. The number of nitrogens with one attached hydrogen (secondary N) is 1. The summed E-state index contributed by atoms with van der Waals surface area (Å²) >= 11 is 0. The number of carbonyl (C=O) groups excluding carboxylic acids is 1. The third-order valence-electron chi connectivity index (χ3n) is 6.47. The maximum Gasteiger partial charge on any atom is 0.407 e. The number of rotatable bonds is 8. The summed E-state index contributed by atoms with van der Waals surface area (Å²) in [6.07, 6.45) is 0.376. The van der Waals surface area contributed by atoms with E-state index in [4.69, 9.17) is 9.84 Å². The molecule has 33 heavy (non-hydrogen) atoms. The van der Waals surface area contributed by atoms with Gasteiger partial charge in [-0.15, -0.1) is 0 Å². The number of carboxylic acid groups (broad SMARTS) is 1. The van der Waals surface area contributed by atoms with Gasteiger partial charge in [0, 0.05) is 18.4 Å². The van der Waals surface area contributed by atoms with E-state index in [-0.39, 0.29) is 25.0 Å². The van der Waals surface area contributed by atoms with Crippen LogP contribution in [0.1, 0.15) is 46.6 Å². The van der Waals surface area contributed by atoms with Crippen molar-refractivity contribution in [2.24, 2.45) is 0 Å². The van der Waals surface area contributed by atoms with Crippen LogP contribution in [0.5, 0.6) is 0 Å². The lowest BCUT2D eigenvalue weighted by molar-refractivity contribution is -0.137. The van der Waals surface area contributed by atoms with E-state index in [9.17, 15) is 9.59 Å². The van der Waals surface area contributed by atoms with Crippen molar-refractivity contribution in [1.29, 1.82) is 0 Å². The lowest BCUT2D eigenvalue weighted by Gasteiger charge is -2.21. The molecule has 0 aromatic heterocycles. The average molecular weight is 444 g/mol. The topological polar surface area (TPSA) is 75.6 Å². The van der Waals surface area contributed by atoms with Gasteiger partial charge in [-0.1, -0.05) is 66.7 Å². The van der Waals surface area contributed by atoms with E-state index in [0.29, 0.717) is 12.8 Å². The lowest BCUT2D eigenvalue weighted by atomic mass is 9.94. The zero-order valence-corrected chi connectivity index (χ0v) is 19.0. The number of aliphatic carboxylic acids is 1. The van der Waals surface area contributed by atoms with Gasteiger partial charge in [-0.3, -0.25) is 4.79 Å². The molecule has 5 nitrogen and oxygen atoms in total. The Morgan fingerprint density at radius 2 is 1.48 bits per heavy atom. The highest BCUT2D eigenvalue weighted by molar-refractivity contribution is 5.79. The van der Waals surface area contributed by atoms with Crippen molar-refractivity contribution in [2.45, 2.75) is 45.1 Å². The minimum Gasteiger partial charge on any atom is -0.481 e. The smallest absolute Gasteiger partial charge is 0.407 e. The molecular formula is C28H29NO4. The summed E-state index contributed by atoms with van der Waals surface area (Å²) in [5, 5.41) is 12.1. The predicted octanol–water partition coefficient (Wildman–Crippen LogP) is 5.62. The van der Waals surface area contributed by atoms with Gasteiger partial charge in [-0.25, -0.2) is 4.79 Å². The fraction of sp³-hybridized carbons (Fsp3) is 0.286. The van der Waals surface area contributed by atoms with Gasteiger partial charge in [0.1, 0.15) is 6.61 Å². The van der Waals surface area contributed by atoms with Crippen LogP contribution < -0.4 is 5.32 Å². The first-order valence-electron chi connectivity index (χ1n) is 11.3. The molecule has 0 radical (unpaired) electrons. The third-order valence-corrected chi connectivity index (χ3v) is 6.47. The molecule has 3 aromatic carbocycles. The molecule has 5 heteroatoms. The summed E-state index contributed by atoms with van der Waals surface area (Å²) in [7, 11) is 0. The zero-order chi connectivity index (χ0) is 23.4. The maximum atomic E-state index is 12.8. The number of carboxylic acids is 1. The molecule has 0 fully saturated rings. The van der Waals surface area contributed by atoms with Crippen molar-refractivity contribution < 1.29 is 19.4 Å². The van der Waals surface area contributed by atoms with Gasteiger partial charge < -0.3 is 15.2 Å². The van der Waals surface area contributed by atoms with Gasteiger partial charge >= 0.3 is 12.1 Å². The molecule has 0 bridgehead atoms. The molecule has 1 aliphatic rings. The van der Waals surface area contributed by atoms with Crippen molar-refractivity contribution in [1.82, 2.24) is 5.32 Å². The normalized spacial score (nSPS) is 13.2. The number of carbonyl (C=O) groups is 2. The monoisotopic (exact) mass is 443 g/mol. The third kappa shape index (κ3) is 5.08. The van der Waals surface area contributed by atoms with Crippen LogP contribution >= 0.6 is 0 Å².